The Hall–Kier alpha value is -1.29. The molecule has 2 aromatic rings. The second-order valence-electron chi connectivity index (χ2n) is 4.80. The molecule has 104 valence electrons. The first kappa shape index (κ1) is 13.7. The monoisotopic (exact) mass is 311 g/mol. The maximum atomic E-state index is 13.2. The molecule has 0 saturated carbocycles. The summed E-state index contributed by atoms with van der Waals surface area (Å²) in [6.07, 6.45) is 0.353. The highest BCUT2D eigenvalue weighted by atomic mass is 35.5. The van der Waals surface area contributed by atoms with Crippen molar-refractivity contribution in [1.29, 1.82) is 0 Å². The molecule has 0 spiro atoms. The molecule has 1 heterocycles. The van der Waals surface area contributed by atoms with Gasteiger partial charge in [0.2, 0.25) is 0 Å². The lowest BCUT2D eigenvalue weighted by Gasteiger charge is -2.30. The second-order valence-corrected chi connectivity index (χ2v) is 5.65. The Morgan fingerprint density at radius 2 is 1.95 bits per heavy atom. The van der Waals surface area contributed by atoms with Crippen LogP contribution >= 0.6 is 23.2 Å². The van der Waals surface area contributed by atoms with E-state index in [2.05, 4.69) is 0 Å². The van der Waals surface area contributed by atoms with E-state index in [4.69, 9.17) is 33.7 Å². The quantitative estimate of drug-likeness (QED) is 0.831. The van der Waals surface area contributed by atoms with E-state index in [0.717, 1.165) is 11.1 Å². The van der Waals surface area contributed by atoms with E-state index >= 15 is 0 Å². The highest BCUT2D eigenvalue weighted by molar-refractivity contribution is 6.31. The van der Waals surface area contributed by atoms with Crippen molar-refractivity contribution in [2.24, 2.45) is 5.73 Å². The summed E-state index contributed by atoms with van der Waals surface area (Å²) in [7, 11) is 0. The third-order valence-corrected chi connectivity index (χ3v) is 3.95. The van der Waals surface area contributed by atoms with Gasteiger partial charge in [-0.3, -0.25) is 0 Å². The van der Waals surface area contributed by atoms with Crippen LogP contribution in [-0.2, 0) is 0 Å². The van der Waals surface area contributed by atoms with Crippen LogP contribution in [0.4, 0.5) is 4.39 Å². The van der Waals surface area contributed by atoms with Crippen molar-refractivity contribution < 1.29 is 9.13 Å². The van der Waals surface area contributed by atoms with Crippen LogP contribution in [0.15, 0.2) is 36.4 Å². The average molecular weight is 312 g/mol. The number of hydrogen-bond donors (Lipinski definition) is 1. The summed E-state index contributed by atoms with van der Waals surface area (Å²) in [5.41, 5.74) is 7.87. The normalized spacial score (nSPS) is 21.2. The highest BCUT2D eigenvalue weighted by Gasteiger charge is 2.27. The van der Waals surface area contributed by atoms with E-state index in [-0.39, 0.29) is 17.2 Å². The van der Waals surface area contributed by atoms with Gasteiger partial charge in [-0.15, -0.1) is 0 Å². The molecule has 0 amide bonds. The molecule has 0 radical (unpaired) electrons. The Kier molecular flexibility index (Phi) is 3.59. The van der Waals surface area contributed by atoms with E-state index in [1.807, 2.05) is 6.07 Å². The van der Waals surface area contributed by atoms with E-state index in [1.165, 1.54) is 6.07 Å². The van der Waals surface area contributed by atoms with Gasteiger partial charge in [0.25, 0.3) is 0 Å². The molecule has 0 bridgehead atoms. The van der Waals surface area contributed by atoms with Crippen LogP contribution in [0.5, 0.6) is 5.75 Å². The van der Waals surface area contributed by atoms with Crippen molar-refractivity contribution in [3.63, 3.8) is 0 Å². The number of ether oxygens (including phenoxy) is 1. The van der Waals surface area contributed by atoms with Crippen LogP contribution in [0.2, 0.25) is 10.0 Å². The molecule has 2 N–H and O–H groups in total. The highest BCUT2D eigenvalue weighted by Crippen LogP contribution is 2.41. The van der Waals surface area contributed by atoms with Crippen LogP contribution in [0.1, 0.15) is 29.7 Å². The summed E-state index contributed by atoms with van der Waals surface area (Å²) in [6, 6.07) is 9.78. The molecule has 1 unspecified atom stereocenters. The van der Waals surface area contributed by atoms with Crippen molar-refractivity contribution >= 4 is 23.2 Å². The maximum absolute atomic E-state index is 13.2. The van der Waals surface area contributed by atoms with Gasteiger partial charge in [-0.1, -0.05) is 29.3 Å². The number of benzene rings is 2. The SMILES string of the molecule is N[C@H]1CC(c2ccc(F)c(Cl)c2)Oc2ccc(Cl)cc21. The largest absolute Gasteiger partial charge is 0.485 e. The number of fused-ring (bicyclic) bond motifs is 1. The van der Waals surface area contributed by atoms with Gasteiger partial charge in [-0.25, -0.2) is 4.39 Å². The summed E-state index contributed by atoms with van der Waals surface area (Å²) in [5.74, 6) is 0.265. The molecule has 2 nitrogen and oxygen atoms in total. The molecule has 0 fully saturated rings. The number of rotatable bonds is 1. The molecule has 0 aliphatic carbocycles. The smallest absolute Gasteiger partial charge is 0.141 e. The van der Waals surface area contributed by atoms with Crippen LogP contribution in [0, 0.1) is 5.82 Å². The zero-order valence-corrected chi connectivity index (χ0v) is 12.0. The van der Waals surface area contributed by atoms with Crippen molar-refractivity contribution in [2.75, 3.05) is 0 Å². The van der Waals surface area contributed by atoms with Crippen molar-refractivity contribution in [1.82, 2.24) is 0 Å². The predicted octanol–water partition coefficient (Wildman–Crippen LogP) is 4.66. The minimum atomic E-state index is -0.442. The third kappa shape index (κ3) is 2.49. The number of hydrogen-bond acceptors (Lipinski definition) is 2. The van der Waals surface area contributed by atoms with Gasteiger partial charge in [0.1, 0.15) is 17.7 Å². The topological polar surface area (TPSA) is 35.2 Å². The average Bonchev–Trinajstić information content (AvgIpc) is 2.42. The first-order valence-corrected chi connectivity index (χ1v) is 6.97. The summed E-state index contributed by atoms with van der Waals surface area (Å²) < 4.78 is 19.1. The number of halogens is 3. The Labute approximate surface area is 126 Å². The Bertz CT molecular complexity index is 662. The molecule has 0 saturated heterocycles. The summed E-state index contributed by atoms with van der Waals surface area (Å²) in [6.45, 7) is 0. The van der Waals surface area contributed by atoms with E-state index in [0.29, 0.717) is 17.2 Å². The van der Waals surface area contributed by atoms with Crippen LogP contribution in [0.25, 0.3) is 0 Å². The lowest BCUT2D eigenvalue weighted by molar-refractivity contribution is 0.161. The fraction of sp³-hybridized carbons (Fsp3) is 0.200. The van der Waals surface area contributed by atoms with Crippen LogP contribution < -0.4 is 10.5 Å². The standard InChI is InChI=1S/C15H12Cl2FNO/c16-9-2-4-14-10(6-9)13(19)7-15(20-14)8-1-3-12(18)11(17)5-8/h1-6,13,15H,7,19H2/t13-,15?/m0/s1. The van der Waals surface area contributed by atoms with E-state index in [9.17, 15) is 4.39 Å². The molecule has 3 rings (SSSR count). The van der Waals surface area contributed by atoms with Gasteiger partial charge < -0.3 is 10.5 Å². The van der Waals surface area contributed by atoms with Gasteiger partial charge in [0.05, 0.1) is 5.02 Å². The summed E-state index contributed by atoms with van der Waals surface area (Å²) >= 11 is 11.8. The fourth-order valence-corrected chi connectivity index (χ4v) is 2.76. The molecule has 5 heteroatoms. The van der Waals surface area contributed by atoms with Gasteiger partial charge in [0, 0.05) is 23.0 Å². The minimum Gasteiger partial charge on any atom is -0.485 e. The minimum absolute atomic E-state index is 0.0848. The Balaban J connectivity index is 1.94. The Morgan fingerprint density at radius 3 is 2.70 bits per heavy atom. The molecule has 0 aromatic heterocycles. The molecule has 1 aliphatic rings. The first-order chi connectivity index (χ1) is 9.54. The molecule has 20 heavy (non-hydrogen) atoms. The molecular weight excluding hydrogens is 300 g/mol. The lowest BCUT2D eigenvalue weighted by Crippen LogP contribution is -2.24. The second kappa shape index (κ2) is 5.24. The molecule has 2 atom stereocenters. The van der Waals surface area contributed by atoms with Crippen molar-refractivity contribution in [3.05, 3.63) is 63.4 Å². The fourth-order valence-electron chi connectivity index (χ4n) is 2.39. The van der Waals surface area contributed by atoms with Crippen LogP contribution in [0.3, 0.4) is 0 Å². The summed E-state index contributed by atoms with van der Waals surface area (Å²) in [5, 5.41) is 0.715. The van der Waals surface area contributed by atoms with Gasteiger partial charge in [0.15, 0.2) is 0 Å². The van der Waals surface area contributed by atoms with Crippen LogP contribution in [-0.4, -0.2) is 0 Å². The Morgan fingerprint density at radius 1 is 1.15 bits per heavy atom. The van der Waals surface area contributed by atoms with E-state index in [1.54, 1.807) is 24.3 Å². The summed E-state index contributed by atoms with van der Waals surface area (Å²) in [4.78, 5) is 0. The molecule has 2 aromatic carbocycles. The number of nitrogens with two attached hydrogens (primary N) is 1. The van der Waals surface area contributed by atoms with E-state index < -0.39 is 5.82 Å². The van der Waals surface area contributed by atoms with Gasteiger partial charge >= 0.3 is 0 Å². The van der Waals surface area contributed by atoms with Crippen molar-refractivity contribution in [2.45, 2.75) is 18.6 Å². The first-order valence-electron chi connectivity index (χ1n) is 6.21. The molecule has 1 aliphatic heterocycles. The maximum Gasteiger partial charge on any atom is 0.141 e. The zero-order valence-electron chi connectivity index (χ0n) is 10.4. The van der Waals surface area contributed by atoms with Gasteiger partial charge in [-0.2, -0.15) is 0 Å². The zero-order chi connectivity index (χ0) is 14.3. The van der Waals surface area contributed by atoms with Gasteiger partial charge in [-0.05, 0) is 35.9 Å². The third-order valence-electron chi connectivity index (χ3n) is 3.42. The predicted molar refractivity (Wildman–Crippen MR) is 77.8 cm³/mol. The molecular formula is C15H12Cl2FNO. The van der Waals surface area contributed by atoms with Crippen molar-refractivity contribution in [3.8, 4) is 5.75 Å². The lowest BCUT2D eigenvalue weighted by atomic mass is 9.93.